The number of nitrogens with zero attached hydrogens (tertiary/aromatic N) is 2. The van der Waals surface area contributed by atoms with Crippen LogP contribution in [0.3, 0.4) is 0 Å². The number of para-hydroxylation sites is 1. The van der Waals surface area contributed by atoms with Crippen molar-refractivity contribution in [3.63, 3.8) is 0 Å². The van der Waals surface area contributed by atoms with Gasteiger partial charge in [0.1, 0.15) is 11.5 Å². The average Bonchev–Trinajstić information content (AvgIpc) is 3.24. The number of likely N-dealkylation sites (N-methyl/N-ethyl adjacent to an activating group) is 1. The molecule has 2 heterocycles. The second-order valence-electron chi connectivity index (χ2n) is 14.2. The Kier molecular flexibility index (Phi) is 12.8. The molecule has 2 amide bonds. The van der Waals surface area contributed by atoms with Gasteiger partial charge in [0.25, 0.3) is 0 Å². The molecule has 56 heavy (non-hydrogen) atoms. The Balaban J connectivity index is 0.979. The average molecular weight is 749 g/mol. The Bertz CT molecular complexity index is 2130. The molecule has 5 aromatic carbocycles. The fraction of sp³-hybridized carbons (Fsp3) is 0.234. The zero-order valence-electron chi connectivity index (χ0n) is 31.8. The van der Waals surface area contributed by atoms with Crippen LogP contribution in [-0.4, -0.2) is 47.3 Å². The number of aliphatic hydroxyl groups excluding tert-OH is 1. The van der Waals surface area contributed by atoms with E-state index in [0.29, 0.717) is 18.0 Å². The molecule has 9 heteroatoms. The van der Waals surface area contributed by atoms with Gasteiger partial charge < -0.3 is 34.9 Å². The van der Waals surface area contributed by atoms with Gasteiger partial charge in [-0.25, -0.2) is 4.79 Å². The van der Waals surface area contributed by atoms with E-state index < -0.39 is 6.29 Å². The van der Waals surface area contributed by atoms with Crippen molar-refractivity contribution in [2.75, 3.05) is 25.5 Å². The van der Waals surface area contributed by atoms with Gasteiger partial charge in [0.15, 0.2) is 6.29 Å². The zero-order chi connectivity index (χ0) is 38.7. The molecule has 1 fully saturated rings. The molecule has 9 nitrogen and oxygen atoms in total. The van der Waals surface area contributed by atoms with Crippen LogP contribution in [0.25, 0.3) is 11.1 Å². The lowest BCUT2D eigenvalue weighted by atomic mass is 9.90. The fourth-order valence-electron chi connectivity index (χ4n) is 6.86. The van der Waals surface area contributed by atoms with Crippen molar-refractivity contribution in [2.24, 2.45) is 5.92 Å². The SMILES string of the molecule is C[C@@H]1[C@H](CN(C)CCc2ccccn2)O[C@H](c2ccc(-c3cccc(CNC(=O)Nc4ccc(Oc5ccccc5)cc4)c3)cc2)O[C@@H]1c1ccc(CO)cc1. The van der Waals surface area contributed by atoms with Gasteiger partial charge in [-0.1, -0.05) is 97.9 Å². The Morgan fingerprint density at radius 3 is 2.23 bits per heavy atom. The highest BCUT2D eigenvalue weighted by Crippen LogP contribution is 2.42. The quantitative estimate of drug-likeness (QED) is 0.102. The maximum absolute atomic E-state index is 12.7. The molecule has 4 atom stereocenters. The molecule has 0 bridgehead atoms. The van der Waals surface area contributed by atoms with Crippen molar-refractivity contribution < 1.29 is 24.1 Å². The van der Waals surface area contributed by atoms with Crippen LogP contribution in [0, 0.1) is 5.92 Å². The molecule has 0 saturated carbocycles. The first-order valence-electron chi connectivity index (χ1n) is 19.1. The van der Waals surface area contributed by atoms with Gasteiger partial charge >= 0.3 is 6.03 Å². The van der Waals surface area contributed by atoms with Gasteiger partial charge in [0.2, 0.25) is 0 Å². The van der Waals surface area contributed by atoms with Crippen molar-refractivity contribution in [3.8, 4) is 22.6 Å². The molecule has 3 N–H and O–H groups in total. The Morgan fingerprint density at radius 2 is 1.50 bits per heavy atom. The number of amides is 2. The lowest BCUT2D eigenvalue weighted by Crippen LogP contribution is -2.43. The van der Waals surface area contributed by atoms with Crippen LogP contribution in [0.5, 0.6) is 11.5 Å². The number of carbonyl (C=O) groups excluding carboxylic acids is 1. The molecule has 1 saturated heterocycles. The van der Waals surface area contributed by atoms with Crippen molar-refractivity contribution in [2.45, 2.75) is 45.0 Å². The molecular weight excluding hydrogens is 701 g/mol. The van der Waals surface area contributed by atoms with E-state index in [1.807, 2.05) is 109 Å². The van der Waals surface area contributed by atoms with E-state index in [1.165, 1.54) is 0 Å². The number of aliphatic hydroxyl groups is 1. The highest BCUT2D eigenvalue weighted by molar-refractivity contribution is 5.89. The molecule has 7 rings (SSSR count). The molecule has 1 aliphatic heterocycles. The number of aromatic nitrogens is 1. The van der Waals surface area contributed by atoms with E-state index >= 15 is 0 Å². The summed E-state index contributed by atoms with van der Waals surface area (Å²) in [6, 6.07) is 47.0. The van der Waals surface area contributed by atoms with Crippen molar-refractivity contribution >= 4 is 11.7 Å². The number of ether oxygens (including phenoxy) is 3. The second-order valence-corrected chi connectivity index (χ2v) is 14.2. The summed E-state index contributed by atoms with van der Waals surface area (Å²) in [5.74, 6) is 1.53. The Morgan fingerprint density at radius 1 is 0.768 bits per heavy atom. The summed E-state index contributed by atoms with van der Waals surface area (Å²) < 4.78 is 19.3. The normalized spacial score (nSPS) is 18.0. The molecule has 1 aliphatic rings. The largest absolute Gasteiger partial charge is 0.457 e. The molecule has 0 radical (unpaired) electrons. The van der Waals surface area contributed by atoms with Gasteiger partial charge in [-0.3, -0.25) is 4.98 Å². The zero-order valence-corrected chi connectivity index (χ0v) is 31.8. The summed E-state index contributed by atoms with van der Waals surface area (Å²) in [6.45, 7) is 4.16. The van der Waals surface area contributed by atoms with E-state index in [4.69, 9.17) is 14.2 Å². The van der Waals surface area contributed by atoms with Crippen LogP contribution in [0.4, 0.5) is 10.5 Å². The number of pyridine rings is 1. The lowest BCUT2D eigenvalue weighted by molar-refractivity contribution is -0.275. The summed E-state index contributed by atoms with van der Waals surface area (Å²) in [5, 5.41) is 15.5. The monoisotopic (exact) mass is 748 g/mol. The molecule has 0 aliphatic carbocycles. The molecule has 6 aromatic rings. The van der Waals surface area contributed by atoms with Gasteiger partial charge in [-0.05, 0) is 89.5 Å². The van der Waals surface area contributed by atoms with E-state index in [2.05, 4.69) is 77.0 Å². The first-order valence-corrected chi connectivity index (χ1v) is 19.1. The maximum Gasteiger partial charge on any atom is 0.319 e. The van der Waals surface area contributed by atoms with Crippen LogP contribution >= 0.6 is 0 Å². The molecular formula is C47H48N4O5. The summed E-state index contributed by atoms with van der Waals surface area (Å²) in [6.07, 6.45) is 1.86. The third-order valence-electron chi connectivity index (χ3n) is 10.1. The van der Waals surface area contributed by atoms with E-state index in [0.717, 1.165) is 64.3 Å². The second kappa shape index (κ2) is 18.7. The van der Waals surface area contributed by atoms with Crippen LogP contribution < -0.4 is 15.4 Å². The number of hydrogen-bond acceptors (Lipinski definition) is 7. The number of urea groups is 1. The van der Waals surface area contributed by atoms with E-state index in [-0.39, 0.29) is 30.8 Å². The highest BCUT2D eigenvalue weighted by atomic mass is 16.7. The first-order chi connectivity index (χ1) is 27.4. The van der Waals surface area contributed by atoms with Crippen molar-refractivity contribution in [1.82, 2.24) is 15.2 Å². The number of anilines is 1. The third kappa shape index (κ3) is 10.3. The van der Waals surface area contributed by atoms with Crippen LogP contribution in [0.1, 0.15) is 47.3 Å². The van der Waals surface area contributed by atoms with Crippen LogP contribution in [-0.2, 0) is 29.0 Å². The minimum atomic E-state index is -0.557. The Labute approximate surface area is 328 Å². The Hall–Kier alpha value is -5.84. The first kappa shape index (κ1) is 38.4. The van der Waals surface area contributed by atoms with E-state index in [1.54, 1.807) is 0 Å². The minimum absolute atomic E-state index is 0.000502. The lowest BCUT2D eigenvalue weighted by Gasteiger charge is -2.42. The molecule has 286 valence electrons. The summed E-state index contributed by atoms with van der Waals surface area (Å²) in [7, 11) is 2.13. The van der Waals surface area contributed by atoms with Crippen LogP contribution in [0.15, 0.2) is 152 Å². The van der Waals surface area contributed by atoms with Gasteiger partial charge in [0, 0.05) is 55.1 Å². The van der Waals surface area contributed by atoms with Crippen LogP contribution in [0.2, 0.25) is 0 Å². The minimum Gasteiger partial charge on any atom is -0.457 e. The molecule has 0 unspecified atom stereocenters. The van der Waals surface area contributed by atoms with Crippen molar-refractivity contribution in [3.05, 3.63) is 180 Å². The number of carbonyl (C=O) groups is 1. The highest BCUT2D eigenvalue weighted by Gasteiger charge is 2.38. The maximum atomic E-state index is 12.7. The van der Waals surface area contributed by atoms with Gasteiger partial charge in [0.05, 0.1) is 18.8 Å². The molecule has 1 aromatic heterocycles. The number of rotatable bonds is 14. The smallest absolute Gasteiger partial charge is 0.319 e. The summed E-state index contributed by atoms with van der Waals surface area (Å²) >= 11 is 0. The standard InChI is InChI=1S/C47H48N4O5/c1-33-44(31-51(2)28-26-40-11-6-7-27-48-40)55-46(56-45(33)37-16-14-34(32-52)15-17-37)38-20-18-36(19-21-38)39-10-8-9-35(29-39)30-49-47(53)50-41-22-24-43(25-23-41)54-42-12-4-3-5-13-42/h3-25,27,29,33,44-46,52H,26,28,30-32H2,1-2H3,(H2,49,50,53)/t33-,44+,45+,46+/m1/s1. The summed E-state index contributed by atoms with van der Waals surface area (Å²) in [5.41, 5.74) is 7.67. The van der Waals surface area contributed by atoms with E-state index in [9.17, 15) is 9.90 Å². The third-order valence-corrected chi connectivity index (χ3v) is 10.1. The topological polar surface area (TPSA) is 105 Å². The van der Waals surface area contributed by atoms with Gasteiger partial charge in [-0.15, -0.1) is 0 Å². The molecule has 0 spiro atoms. The predicted molar refractivity (Wildman–Crippen MR) is 219 cm³/mol. The van der Waals surface area contributed by atoms with Gasteiger partial charge in [-0.2, -0.15) is 0 Å². The fourth-order valence-corrected chi connectivity index (χ4v) is 6.86. The summed E-state index contributed by atoms with van der Waals surface area (Å²) in [4.78, 5) is 19.5. The van der Waals surface area contributed by atoms with Crippen molar-refractivity contribution in [1.29, 1.82) is 0 Å². The predicted octanol–water partition coefficient (Wildman–Crippen LogP) is 9.32. The number of nitrogens with one attached hydrogen (secondary N) is 2. The number of benzene rings is 5. The number of hydrogen-bond donors (Lipinski definition) is 3.